The van der Waals surface area contributed by atoms with Crippen LogP contribution in [0.4, 0.5) is 10.1 Å². The summed E-state index contributed by atoms with van der Waals surface area (Å²) in [6.07, 6.45) is 3.25. The number of hydrogen-bond acceptors (Lipinski definition) is 2. The fourth-order valence-corrected chi connectivity index (χ4v) is 0.850. The van der Waals surface area contributed by atoms with Gasteiger partial charge in [0.25, 0.3) is 0 Å². The van der Waals surface area contributed by atoms with E-state index < -0.39 is 0 Å². The number of nitrogens with two attached hydrogens (primary N) is 1. The highest BCUT2D eigenvalue weighted by Crippen LogP contribution is 2.13. The fourth-order valence-electron chi connectivity index (χ4n) is 0.850. The third-order valence-corrected chi connectivity index (χ3v) is 1.39. The van der Waals surface area contributed by atoms with E-state index in [9.17, 15) is 4.39 Å². The van der Waals surface area contributed by atoms with Gasteiger partial charge in [0.2, 0.25) is 0 Å². The summed E-state index contributed by atoms with van der Waals surface area (Å²) in [6.45, 7) is 1.86. The third kappa shape index (κ3) is 1.07. The van der Waals surface area contributed by atoms with Crippen molar-refractivity contribution in [3.05, 3.63) is 23.8 Å². The Hall–Kier alpha value is -1.12. The quantitative estimate of drug-likeness (QED) is 0.639. The van der Waals surface area contributed by atoms with Gasteiger partial charge in [0.05, 0.1) is 18.1 Å². The van der Waals surface area contributed by atoms with E-state index in [1.165, 1.54) is 12.4 Å². The molecular weight excluding hydrogens is 131 g/mol. The lowest BCUT2D eigenvalue weighted by Crippen LogP contribution is -1.97. The molecule has 0 unspecified atom stereocenters. The van der Waals surface area contributed by atoms with E-state index >= 15 is 0 Å². The zero-order chi connectivity index (χ0) is 7.56. The molecule has 54 valence electrons. The highest BCUT2D eigenvalue weighted by Gasteiger charge is 2.02. The minimum absolute atomic E-state index is 0.317. The Kier molecular flexibility index (Phi) is 1.85. The van der Waals surface area contributed by atoms with Crippen molar-refractivity contribution in [1.82, 2.24) is 4.98 Å². The van der Waals surface area contributed by atoms with Crippen molar-refractivity contribution in [2.75, 3.05) is 5.73 Å². The molecule has 0 aromatic carbocycles. The Labute approximate surface area is 58.9 Å². The van der Waals surface area contributed by atoms with E-state index in [0.29, 0.717) is 17.7 Å². The second-order valence-corrected chi connectivity index (χ2v) is 2.04. The predicted molar refractivity (Wildman–Crippen MR) is 38.0 cm³/mol. The van der Waals surface area contributed by atoms with Crippen LogP contribution in [0.5, 0.6) is 0 Å². The molecule has 0 atom stereocenters. The Balaban J connectivity index is 3.17. The summed E-state index contributed by atoms with van der Waals surface area (Å²) in [4.78, 5) is 3.59. The van der Waals surface area contributed by atoms with Crippen LogP contribution in [0.1, 0.15) is 12.5 Å². The predicted octanol–water partition coefficient (Wildman–Crippen LogP) is 1.37. The molecule has 3 heteroatoms. The van der Waals surface area contributed by atoms with Crippen LogP contribution in [0, 0.1) is 5.82 Å². The first-order chi connectivity index (χ1) is 4.75. The number of aromatic nitrogens is 1. The van der Waals surface area contributed by atoms with Crippen LogP contribution in [-0.2, 0) is 6.42 Å². The summed E-state index contributed by atoms with van der Waals surface area (Å²) in [5.74, 6) is -0.317. The number of nitrogens with zero attached hydrogens (tertiary/aromatic N) is 1. The van der Waals surface area contributed by atoms with E-state index in [1.807, 2.05) is 6.92 Å². The number of pyridine rings is 1. The first-order valence-electron chi connectivity index (χ1n) is 3.13. The van der Waals surface area contributed by atoms with E-state index in [4.69, 9.17) is 5.73 Å². The maximum atomic E-state index is 12.7. The highest BCUT2D eigenvalue weighted by atomic mass is 19.1. The van der Waals surface area contributed by atoms with Crippen molar-refractivity contribution in [3.8, 4) is 0 Å². The van der Waals surface area contributed by atoms with Gasteiger partial charge < -0.3 is 5.73 Å². The zero-order valence-corrected chi connectivity index (χ0v) is 5.76. The van der Waals surface area contributed by atoms with E-state index in [-0.39, 0.29) is 5.82 Å². The SMILES string of the molecule is CCc1c(N)cncc1F. The van der Waals surface area contributed by atoms with Crippen molar-refractivity contribution in [2.45, 2.75) is 13.3 Å². The first-order valence-corrected chi connectivity index (χ1v) is 3.13. The minimum Gasteiger partial charge on any atom is -0.397 e. The molecular formula is C7H9FN2. The van der Waals surface area contributed by atoms with Gasteiger partial charge in [0.15, 0.2) is 0 Å². The number of nitrogen functional groups attached to an aromatic ring is 1. The topological polar surface area (TPSA) is 38.9 Å². The molecule has 0 bridgehead atoms. The number of halogens is 1. The van der Waals surface area contributed by atoms with E-state index in [1.54, 1.807) is 0 Å². The lowest BCUT2D eigenvalue weighted by atomic mass is 10.2. The number of rotatable bonds is 1. The molecule has 0 fully saturated rings. The Morgan fingerprint density at radius 2 is 2.30 bits per heavy atom. The summed E-state index contributed by atoms with van der Waals surface area (Å²) in [5.41, 5.74) is 6.41. The van der Waals surface area contributed by atoms with Crippen molar-refractivity contribution in [1.29, 1.82) is 0 Å². The maximum Gasteiger partial charge on any atom is 0.146 e. The molecule has 0 radical (unpaired) electrons. The molecule has 1 aromatic heterocycles. The largest absolute Gasteiger partial charge is 0.397 e. The average molecular weight is 140 g/mol. The monoisotopic (exact) mass is 140 g/mol. The molecule has 1 aromatic rings. The number of hydrogen-bond donors (Lipinski definition) is 1. The molecule has 1 heterocycles. The lowest BCUT2D eigenvalue weighted by molar-refractivity contribution is 0.607. The van der Waals surface area contributed by atoms with Gasteiger partial charge in [-0.2, -0.15) is 0 Å². The first kappa shape index (κ1) is 6.99. The van der Waals surface area contributed by atoms with Gasteiger partial charge in [0, 0.05) is 5.56 Å². The van der Waals surface area contributed by atoms with Gasteiger partial charge in [-0.05, 0) is 6.42 Å². The summed E-state index contributed by atoms with van der Waals surface area (Å²) in [6, 6.07) is 0. The second kappa shape index (κ2) is 2.64. The Bertz CT molecular complexity index is 215. The normalized spacial score (nSPS) is 9.80. The molecule has 0 saturated heterocycles. The van der Waals surface area contributed by atoms with Crippen molar-refractivity contribution >= 4 is 5.69 Å². The number of anilines is 1. The molecule has 0 aliphatic carbocycles. The Morgan fingerprint density at radius 3 is 2.70 bits per heavy atom. The zero-order valence-electron chi connectivity index (χ0n) is 5.76. The van der Waals surface area contributed by atoms with Crippen LogP contribution in [0.25, 0.3) is 0 Å². The molecule has 0 aliphatic rings. The lowest BCUT2D eigenvalue weighted by Gasteiger charge is -2.00. The molecule has 2 nitrogen and oxygen atoms in total. The van der Waals surface area contributed by atoms with Crippen molar-refractivity contribution in [3.63, 3.8) is 0 Å². The molecule has 0 saturated carbocycles. The highest BCUT2D eigenvalue weighted by molar-refractivity contribution is 5.44. The summed E-state index contributed by atoms with van der Waals surface area (Å²) in [7, 11) is 0. The van der Waals surface area contributed by atoms with Crippen LogP contribution in [-0.4, -0.2) is 4.98 Å². The van der Waals surface area contributed by atoms with Crippen LogP contribution in [0.3, 0.4) is 0 Å². The van der Waals surface area contributed by atoms with Gasteiger partial charge in [0.1, 0.15) is 5.82 Å². The maximum absolute atomic E-state index is 12.7. The summed E-state index contributed by atoms with van der Waals surface area (Å²) in [5, 5.41) is 0. The molecule has 0 spiro atoms. The van der Waals surface area contributed by atoms with Gasteiger partial charge in [-0.1, -0.05) is 6.92 Å². The second-order valence-electron chi connectivity index (χ2n) is 2.04. The van der Waals surface area contributed by atoms with Crippen LogP contribution >= 0.6 is 0 Å². The smallest absolute Gasteiger partial charge is 0.146 e. The van der Waals surface area contributed by atoms with Gasteiger partial charge >= 0.3 is 0 Å². The average Bonchev–Trinajstić information content (AvgIpc) is 1.88. The molecule has 0 amide bonds. The van der Waals surface area contributed by atoms with Gasteiger partial charge in [-0.25, -0.2) is 4.39 Å². The van der Waals surface area contributed by atoms with E-state index in [2.05, 4.69) is 4.98 Å². The fraction of sp³-hybridized carbons (Fsp3) is 0.286. The van der Waals surface area contributed by atoms with Crippen molar-refractivity contribution < 1.29 is 4.39 Å². The van der Waals surface area contributed by atoms with Crippen LogP contribution in [0.2, 0.25) is 0 Å². The minimum atomic E-state index is -0.317. The van der Waals surface area contributed by atoms with Gasteiger partial charge in [-0.3, -0.25) is 4.98 Å². The van der Waals surface area contributed by atoms with Gasteiger partial charge in [-0.15, -0.1) is 0 Å². The van der Waals surface area contributed by atoms with Crippen molar-refractivity contribution in [2.24, 2.45) is 0 Å². The summed E-state index contributed by atoms with van der Waals surface area (Å²) >= 11 is 0. The molecule has 1 rings (SSSR count). The van der Waals surface area contributed by atoms with Crippen LogP contribution < -0.4 is 5.73 Å². The molecule has 2 N–H and O–H groups in total. The van der Waals surface area contributed by atoms with Crippen LogP contribution in [0.15, 0.2) is 12.4 Å². The molecule has 10 heavy (non-hydrogen) atoms. The third-order valence-electron chi connectivity index (χ3n) is 1.39. The molecule has 0 aliphatic heterocycles. The Morgan fingerprint density at radius 1 is 1.60 bits per heavy atom. The standard InChI is InChI=1S/C7H9FN2/c1-2-5-6(8)3-10-4-7(5)9/h3-4H,2,9H2,1H3. The summed E-state index contributed by atoms with van der Waals surface area (Å²) < 4.78 is 12.7. The van der Waals surface area contributed by atoms with E-state index in [0.717, 1.165) is 0 Å².